The quantitative estimate of drug-likeness (QED) is 0.845. The molecule has 17 heavy (non-hydrogen) atoms. The Morgan fingerprint density at radius 3 is 2.76 bits per heavy atom. The standard InChI is InChI=1S/C12H18N2O2S/c1-7-5-8(2)14-11(10(7)12(15)16)13-6-9(3)17-4/h5,9H,6H2,1-4H3,(H,13,14)(H,15,16). The van der Waals surface area contributed by atoms with E-state index in [-0.39, 0.29) is 5.56 Å². The zero-order valence-corrected chi connectivity index (χ0v) is 11.4. The molecule has 0 aliphatic carbocycles. The number of carbonyl (C=O) groups is 1. The number of aromatic carboxylic acids is 1. The van der Waals surface area contributed by atoms with Gasteiger partial charge in [0.25, 0.3) is 0 Å². The summed E-state index contributed by atoms with van der Waals surface area (Å²) in [5.41, 5.74) is 1.83. The van der Waals surface area contributed by atoms with Crippen molar-refractivity contribution in [1.29, 1.82) is 0 Å². The third-order valence-corrected chi connectivity index (χ3v) is 3.49. The number of carboxylic acids is 1. The van der Waals surface area contributed by atoms with Gasteiger partial charge < -0.3 is 10.4 Å². The van der Waals surface area contributed by atoms with E-state index >= 15 is 0 Å². The van der Waals surface area contributed by atoms with E-state index in [1.165, 1.54) is 0 Å². The minimum absolute atomic E-state index is 0.268. The topological polar surface area (TPSA) is 62.2 Å². The Balaban J connectivity index is 3.00. The van der Waals surface area contributed by atoms with Crippen molar-refractivity contribution >= 4 is 23.5 Å². The highest BCUT2D eigenvalue weighted by Gasteiger charge is 2.15. The Bertz CT molecular complexity index is 421. The molecule has 0 amide bonds. The molecule has 2 N–H and O–H groups in total. The van der Waals surface area contributed by atoms with Crippen LogP contribution in [0.3, 0.4) is 0 Å². The number of rotatable bonds is 5. The van der Waals surface area contributed by atoms with Crippen molar-refractivity contribution in [3.05, 3.63) is 22.9 Å². The van der Waals surface area contributed by atoms with Gasteiger partial charge in [-0.15, -0.1) is 0 Å². The second-order valence-corrected chi connectivity index (χ2v) is 5.31. The van der Waals surface area contributed by atoms with E-state index in [1.807, 2.05) is 13.2 Å². The van der Waals surface area contributed by atoms with E-state index in [0.29, 0.717) is 17.6 Å². The zero-order chi connectivity index (χ0) is 13.0. The summed E-state index contributed by atoms with van der Waals surface area (Å²) in [5, 5.41) is 12.7. The molecule has 4 nitrogen and oxygen atoms in total. The molecule has 0 aromatic carbocycles. The largest absolute Gasteiger partial charge is 0.478 e. The maximum atomic E-state index is 11.2. The van der Waals surface area contributed by atoms with Gasteiger partial charge in [-0.2, -0.15) is 11.8 Å². The molecule has 0 aliphatic heterocycles. The normalized spacial score (nSPS) is 12.2. The van der Waals surface area contributed by atoms with Gasteiger partial charge in [-0.25, -0.2) is 9.78 Å². The molecule has 0 saturated heterocycles. The monoisotopic (exact) mass is 254 g/mol. The maximum Gasteiger partial charge on any atom is 0.339 e. The molecular formula is C12H18N2O2S. The second-order valence-electron chi connectivity index (χ2n) is 4.04. The Morgan fingerprint density at radius 2 is 2.24 bits per heavy atom. The molecule has 1 aromatic heterocycles. The number of aromatic nitrogens is 1. The Labute approximate surface area is 106 Å². The molecule has 5 heteroatoms. The van der Waals surface area contributed by atoms with Crippen molar-refractivity contribution in [1.82, 2.24) is 4.98 Å². The summed E-state index contributed by atoms with van der Waals surface area (Å²) < 4.78 is 0. The van der Waals surface area contributed by atoms with Crippen LogP contribution in [0.4, 0.5) is 5.82 Å². The van der Waals surface area contributed by atoms with Gasteiger partial charge in [-0.1, -0.05) is 6.92 Å². The highest BCUT2D eigenvalue weighted by Crippen LogP contribution is 2.19. The lowest BCUT2D eigenvalue weighted by atomic mass is 10.1. The van der Waals surface area contributed by atoms with Crippen LogP contribution in [0.5, 0.6) is 0 Å². The average molecular weight is 254 g/mol. The first-order valence-electron chi connectivity index (χ1n) is 5.44. The molecule has 0 aliphatic rings. The number of anilines is 1. The number of nitrogens with one attached hydrogen (secondary N) is 1. The summed E-state index contributed by atoms with van der Waals surface area (Å²) in [6, 6.07) is 1.78. The fourth-order valence-corrected chi connectivity index (χ4v) is 1.81. The maximum absolute atomic E-state index is 11.2. The Morgan fingerprint density at radius 1 is 1.59 bits per heavy atom. The fourth-order valence-electron chi connectivity index (χ4n) is 1.56. The first-order valence-corrected chi connectivity index (χ1v) is 6.72. The minimum atomic E-state index is -0.936. The van der Waals surface area contributed by atoms with Crippen LogP contribution in [0.1, 0.15) is 28.5 Å². The summed E-state index contributed by atoms with van der Waals surface area (Å²) in [4.78, 5) is 15.4. The number of carboxylic acid groups (broad SMARTS) is 1. The molecule has 1 heterocycles. The second kappa shape index (κ2) is 5.91. The van der Waals surface area contributed by atoms with Crippen LogP contribution >= 0.6 is 11.8 Å². The van der Waals surface area contributed by atoms with Gasteiger partial charge in [0, 0.05) is 17.5 Å². The molecule has 1 rings (SSSR count). The third-order valence-electron chi connectivity index (χ3n) is 2.52. The molecular weight excluding hydrogens is 236 g/mol. The smallest absolute Gasteiger partial charge is 0.339 e. The molecule has 1 aromatic rings. The molecule has 0 fully saturated rings. The van der Waals surface area contributed by atoms with Crippen LogP contribution in [-0.4, -0.2) is 34.1 Å². The van der Waals surface area contributed by atoms with Crippen LogP contribution in [0, 0.1) is 13.8 Å². The molecule has 94 valence electrons. The van der Waals surface area contributed by atoms with Gasteiger partial charge in [-0.05, 0) is 31.7 Å². The van der Waals surface area contributed by atoms with E-state index in [2.05, 4.69) is 17.2 Å². The highest BCUT2D eigenvalue weighted by atomic mass is 32.2. The number of nitrogens with zero attached hydrogens (tertiary/aromatic N) is 1. The highest BCUT2D eigenvalue weighted by molar-refractivity contribution is 7.99. The van der Waals surface area contributed by atoms with E-state index in [4.69, 9.17) is 0 Å². The number of hydrogen-bond acceptors (Lipinski definition) is 4. The van der Waals surface area contributed by atoms with E-state index < -0.39 is 5.97 Å². The summed E-state index contributed by atoms with van der Waals surface area (Å²) >= 11 is 1.73. The van der Waals surface area contributed by atoms with Crippen molar-refractivity contribution in [3.63, 3.8) is 0 Å². The van der Waals surface area contributed by atoms with Crippen molar-refractivity contribution in [2.75, 3.05) is 18.1 Å². The van der Waals surface area contributed by atoms with Gasteiger partial charge >= 0.3 is 5.97 Å². The van der Waals surface area contributed by atoms with Gasteiger partial charge in [0.15, 0.2) is 0 Å². The summed E-state index contributed by atoms with van der Waals surface area (Å²) in [6.07, 6.45) is 2.03. The zero-order valence-electron chi connectivity index (χ0n) is 10.6. The SMILES string of the molecule is CSC(C)CNc1nc(C)cc(C)c1C(=O)O. The minimum Gasteiger partial charge on any atom is -0.478 e. The molecule has 0 radical (unpaired) electrons. The lowest BCUT2D eigenvalue weighted by Crippen LogP contribution is -2.17. The molecule has 1 atom stereocenters. The first-order chi connectivity index (χ1) is 7.95. The number of thioether (sulfide) groups is 1. The Kier molecular flexibility index (Phi) is 4.81. The van der Waals surface area contributed by atoms with Gasteiger partial charge in [-0.3, -0.25) is 0 Å². The summed E-state index contributed by atoms with van der Waals surface area (Å²) in [6.45, 7) is 6.45. The number of aryl methyl sites for hydroxylation is 2. The predicted octanol–water partition coefficient (Wildman–Crippen LogP) is 2.56. The third kappa shape index (κ3) is 3.63. The lowest BCUT2D eigenvalue weighted by molar-refractivity contribution is 0.0697. The summed E-state index contributed by atoms with van der Waals surface area (Å²) in [5.74, 6) is -0.467. The summed E-state index contributed by atoms with van der Waals surface area (Å²) in [7, 11) is 0. The van der Waals surface area contributed by atoms with Gasteiger partial charge in [0.1, 0.15) is 11.4 Å². The van der Waals surface area contributed by atoms with E-state index in [1.54, 1.807) is 24.8 Å². The Hall–Kier alpha value is -1.23. The number of hydrogen-bond donors (Lipinski definition) is 2. The van der Waals surface area contributed by atoms with E-state index in [0.717, 1.165) is 11.3 Å². The predicted molar refractivity (Wildman–Crippen MR) is 72.1 cm³/mol. The van der Waals surface area contributed by atoms with Crippen LogP contribution < -0.4 is 5.32 Å². The van der Waals surface area contributed by atoms with Crippen molar-refractivity contribution in [2.24, 2.45) is 0 Å². The number of pyridine rings is 1. The molecule has 1 unspecified atom stereocenters. The first kappa shape index (κ1) is 13.8. The van der Waals surface area contributed by atoms with Crippen LogP contribution in [-0.2, 0) is 0 Å². The lowest BCUT2D eigenvalue weighted by Gasteiger charge is -2.14. The van der Waals surface area contributed by atoms with Crippen LogP contribution in [0.25, 0.3) is 0 Å². The van der Waals surface area contributed by atoms with Crippen molar-refractivity contribution < 1.29 is 9.90 Å². The molecule has 0 bridgehead atoms. The molecule has 0 spiro atoms. The van der Waals surface area contributed by atoms with Gasteiger partial charge in [0.05, 0.1) is 0 Å². The van der Waals surface area contributed by atoms with Crippen LogP contribution in [0.15, 0.2) is 6.07 Å². The average Bonchev–Trinajstić information content (AvgIpc) is 2.24. The fraction of sp³-hybridized carbons (Fsp3) is 0.500. The van der Waals surface area contributed by atoms with Crippen molar-refractivity contribution in [2.45, 2.75) is 26.0 Å². The van der Waals surface area contributed by atoms with Gasteiger partial charge in [0.2, 0.25) is 0 Å². The van der Waals surface area contributed by atoms with Crippen LogP contribution in [0.2, 0.25) is 0 Å². The molecule has 0 saturated carbocycles. The van der Waals surface area contributed by atoms with Crippen molar-refractivity contribution in [3.8, 4) is 0 Å². The van der Waals surface area contributed by atoms with E-state index in [9.17, 15) is 9.90 Å².